The predicted molar refractivity (Wildman–Crippen MR) is 72.1 cm³/mol. The van der Waals surface area contributed by atoms with Crippen molar-refractivity contribution in [1.29, 1.82) is 0 Å². The van der Waals surface area contributed by atoms with Gasteiger partial charge in [-0.25, -0.2) is 0 Å². The second kappa shape index (κ2) is 4.89. The first kappa shape index (κ1) is 12.1. The van der Waals surface area contributed by atoms with Gasteiger partial charge in [0.1, 0.15) is 0 Å². The summed E-state index contributed by atoms with van der Waals surface area (Å²) >= 11 is 10.9. The monoisotopic (exact) mass is 269 g/mol. The third-order valence-electron chi connectivity index (χ3n) is 2.55. The number of aryl methyl sites for hydroxylation is 1. The van der Waals surface area contributed by atoms with E-state index in [-0.39, 0.29) is 12.5 Å². The molecule has 17 heavy (non-hydrogen) atoms. The average Bonchev–Trinajstić information content (AvgIpc) is 2.58. The zero-order valence-corrected chi connectivity index (χ0v) is 10.9. The highest BCUT2D eigenvalue weighted by Crippen LogP contribution is 2.19. The topological polar surface area (TPSA) is 44.4 Å². The van der Waals surface area contributed by atoms with Gasteiger partial charge in [-0.2, -0.15) is 0 Å². The van der Waals surface area contributed by atoms with Crippen LogP contribution in [0.25, 0.3) is 0 Å². The molecule has 1 aromatic carbocycles. The molecule has 0 radical (unpaired) electrons. The number of nitrogens with one attached hydrogen (secondary N) is 2. The minimum atomic E-state index is -0.0193. The summed E-state index contributed by atoms with van der Waals surface area (Å²) in [5.41, 5.74) is 1.97. The van der Waals surface area contributed by atoms with Crippen molar-refractivity contribution < 1.29 is 4.79 Å². The summed E-state index contributed by atoms with van der Waals surface area (Å²) in [5, 5.41) is 7.15. The molecule has 0 spiro atoms. The van der Waals surface area contributed by atoms with E-state index in [9.17, 15) is 4.79 Å². The zero-order valence-electron chi connectivity index (χ0n) is 9.29. The van der Waals surface area contributed by atoms with Crippen LogP contribution in [0.2, 0.25) is 5.02 Å². The number of benzene rings is 1. The smallest absolute Gasteiger partial charge is 0.249 e. The van der Waals surface area contributed by atoms with Gasteiger partial charge in [0.2, 0.25) is 5.91 Å². The van der Waals surface area contributed by atoms with Gasteiger partial charge in [0.25, 0.3) is 0 Å². The minimum Gasteiger partial charge on any atom is -0.367 e. The lowest BCUT2D eigenvalue weighted by Crippen LogP contribution is -2.35. The Morgan fingerprint density at radius 2 is 2.35 bits per heavy atom. The molecule has 2 N–H and O–H groups in total. The van der Waals surface area contributed by atoms with Crippen LogP contribution in [0.4, 0.5) is 5.69 Å². The maximum atomic E-state index is 11.5. The maximum absolute atomic E-state index is 11.5. The number of halogens is 1. The Labute approximate surface area is 110 Å². The first-order valence-electron chi connectivity index (χ1n) is 5.16. The second-order valence-electron chi connectivity index (χ2n) is 3.77. The van der Waals surface area contributed by atoms with E-state index in [0.717, 1.165) is 11.3 Å². The summed E-state index contributed by atoms with van der Waals surface area (Å²) in [6, 6.07) is 5.56. The van der Waals surface area contributed by atoms with Crippen molar-refractivity contribution in [3.8, 4) is 0 Å². The van der Waals surface area contributed by atoms with Gasteiger partial charge in [0.05, 0.1) is 13.2 Å². The van der Waals surface area contributed by atoms with Crippen LogP contribution in [0.5, 0.6) is 0 Å². The average molecular weight is 270 g/mol. The van der Waals surface area contributed by atoms with E-state index in [1.165, 1.54) is 4.90 Å². The van der Waals surface area contributed by atoms with Crippen molar-refractivity contribution >= 4 is 40.5 Å². The van der Waals surface area contributed by atoms with Crippen molar-refractivity contribution in [3.63, 3.8) is 0 Å². The van der Waals surface area contributed by atoms with Gasteiger partial charge in [-0.1, -0.05) is 11.6 Å². The van der Waals surface area contributed by atoms with Crippen molar-refractivity contribution in [2.75, 3.05) is 18.5 Å². The number of nitrogens with zero attached hydrogens (tertiary/aromatic N) is 1. The highest BCUT2D eigenvalue weighted by atomic mass is 35.5. The van der Waals surface area contributed by atoms with Gasteiger partial charge in [-0.15, -0.1) is 0 Å². The minimum absolute atomic E-state index is 0.0193. The van der Waals surface area contributed by atoms with Crippen molar-refractivity contribution in [1.82, 2.24) is 10.2 Å². The molecule has 1 heterocycles. The maximum Gasteiger partial charge on any atom is 0.249 e. The molecule has 2 rings (SSSR count). The molecular formula is C11H12ClN3OS. The molecule has 90 valence electrons. The number of carbonyl (C=O) groups excluding carboxylic acids is 1. The van der Waals surface area contributed by atoms with Crippen LogP contribution < -0.4 is 10.6 Å². The molecule has 0 aliphatic carbocycles. The second-order valence-corrected chi connectivity index (χ2v) is 4.60. The van der Waals surface area contributed by atoms with E-state index in [2.05, 4.69) is 10.6 Å². The molecule has 6 heteroatoms. The quantitative estimate of drug-likeness (QED) is 0.821. The predicted octanol–water partition coefficient (Wildman–Crippen LogP) is 1.73. The Hall–Kier alpha value is -1.33. The first-order valence-corrected chi connectivity index (χ1v) is 5.95. The van der Waals surface area contributed by atoms with E-state index in [1.54, 1.807) is 6.07 Å². The summed E-state index contributed by atoms with van der Waals surface area (Å²) in [4.78, 5) is 13.0. The Bertz CT molecular complexity index is 462. The first-order chi connectivity index (χ1) is 8.08. The van der Waals surface area contributed by atoms with Crippen molar-refractivity contribution in [2.24, 2.45) is 0 Å². The molecule has 0 saturated carbocycles. The Kier molecular flexibility index (Phi) is 3.49. The fraction of sp³-hybridized carbons (Fsp3) is 0.273. The fourth-order valence-electron chi connectivity index (χ4n) is 1.60. The lowest BCUT2D eigenvalue weighted by atomic mass is 10.2. The van der Waals surface area contributed by atoms with Gasteiger partial charge in [-0.3, -0.25) is 9.69 Å². The van der Waals surface area contributed by atoms with E-state index in [1.807, 2.05) is 19.1 Å². The Morgan fingerprint density at radius 3 is 2.94 bits per heavy atom. The zero-order chi connectivity index (χ0) is 12.4. The van der Waals surface area contributed by atoms with Crippen LogP contribution in [0.15, 0.2) is 18.2 Å². The molecule has 0 aromatic heterocycles. The van der Waals surface area contributed by atoms with Crippen LogP contribution in [0.1, 0.15) is 5.56 Å². The summed E-state index contributed by atoms with van der Waals surface area (Å²) in [5.74, 6) is -0.0193. The van der Waals surface area contributed by atoms with E-state index < -0.39 is 0 Å². The highest BCUT2D eigenvalue weighted by Gasteiger charge is 2.24. The SMILES string of the molecule is Cc1cc(Cl)ccc1NCN1C(=O)CNC1=S. The number of anilines is 1. The van der Waals surface area contributed by atoms with E-state index in [0.29, 0.717) is 16.8 Å². The van der Waals surface area contributed by atoms with Crippen LogP contribution in [0.3, 0.4) is 0 Å². The number of thiocarbonyl (C=S) groups is 1. The van der Waals surface area contributed by atoms with Crippen molar-refractivity contribution in [2.45, 2.75) is 6.92 Å². The molecule has 1 saturated heterocycles. The van der Waals surface area contributed by atoms with Gasteiger partial charge >= 0.3 is 0 Å². The number of amides is 1. The summed E-state index contributed by atoms with van der Waals surface area (Å²) in [6.45, 7) is 2.60. The van der Waals surface area contributed by atoms with Crippen molar-refractivity contribution in [3.05, 3.63) is 28.8 Å². The van der Waals surface area contributed by atoms with Crippen LogP contribution in [-0.4, -0.2) is 29.1 Å². The summed E-state index contributed by atoms with van der Waals surface area (Å²) in [7, 11) is 0. The standard InChI is InChI=1S/C11H12ClN3OS/c1-7-4-8(12)2-3-9(7)14-6-15-10(16)5-13-11(15)17/h2-4,14H,5-6H2,1H3,(H,13,17). The molecule has 1 aliphatic heterocycles. The third-order valence-corrected chi connectivity index (χ3v) is 3.15. The molecule has 1 fully saturated rings. The molecule has 4 nitrogen and oxygen atoms in total. The van der Waals surface area contributed by atoms with Gasteiger partial charge in [-0.05, 0) is 42.9 Å². The largest absolute Gasteiger partial charge is 0.367 e. The van der Waals surface area contributed by atoms with Gasteiger partial charge in [0, 0.05) is 10.7 Å². The van der Waals surface area contributed by atoms with Crippen LogP contribution in [0, 0.1) is 6.92 Å². The molecule has 0 unspecified atom stereocenters. The van der Waals surface area contributed by atoms with E-state index in [4.69, 9.17) is 23.8 Å². The number of hydrogen-bond acceptors (Lipinski definition) is 3. The fourth-order valence-corrected chi connectivity index (χ4v) is 2.07. The Morgan fingerprint density at radius 1 is 1.59 bits per heavy atom. The van der Waals surface area contributed by atoms with E-state index >= 15 is 0 Å². The molecule has 0 bridgehead atoms. The third kappa shape index (κ3) is 2.68. The molecular weight excluding hydrogens is 258 g/mol. The summed E-state index contributed by atoms with van der Waals surface area (Å²) < 4.78 is 0. The molecule has 1 aliphatic rings. The van der Waals surface area contributed by atoms with Crippen LogP contribution in [-0.2, 0) is 4.79 Å². The summed E-state index contributed by atoms with van der Waals surface area (Å²) in [6.07, 6.45) is 0. The lowest BCUT2D eigenvalue weighted by Gasteiger charge is -2.17. The highest BCUT2D eigenvalue weighted by molar-refractivity contribution is 7.80. The molecule has 1 amide bonds. The van der Waals surface area contributed by atoms with Gasteiger partial charge in [0.15, 0.2) is 5.11 Å². The molecule has 1 aromatic rings. The van der Waals surface area contributed by atoms with Crippen LogP contribution >= 0.6 is 23.8 Å². The number of carbonyl (C=O) groups is 1. The normalized spacial score (nSPS) is 15.1. The van der Waals surface area contributed by atoms with Gasteiger partial charge < -0.3 is 10.6 Å². The molecule has 0 atom stereocenters. The Balaban J connectivity index is 2.02. The lowest BCUT2D eigenvalue weighted by molar-refractivity contribution is -0.124. The number of hydrogen-bond donors (Lipinski definition) is 2. The number of rotatable bonds is 3.